The second-order valence-corrected chi connectivity index (χ2v) is 8.77. The molecule has 0 saturated heterocycles. The number of ether oxygens (including phenoxy) is 1. The number of nitrogens with one attached hydrogen (secondary N) is 1. The molecule has 168 valence electrons. The van der Waals surface area contributed by atoms with Crippen molar-refractivity contribution in [3.63, 3.8) is 0 Å². The van der Waals surface area contributed by atoms with E-state index in [-0.39, 0.29) is 18.3 Å². The van der Waals surface area contributed by atoms with Gasteiger partial charge < -0.3 is 10.1 Å². The van der Waals surface area contributed by atoms with Gasteiger partial charge in [-0.1, -0.05) is 76.7 Å². The van der Waals surface area contributed by atoms with E-state index in [4.69, 9.17) is 51.1 Å². The monoisotopic (exact) mass is 519 g/mol. The summed E-state index contributed by atoms with van der Waals surface area (Å²) in [6, 6.07) is 19.6. The summed E-state index contributed by atoms with van der Waals surface area (Å²) in [5.41, 5.74) is 2.23. The average Bonchev–Trinajstić information content (AvgIpc) is 3.15. The van der Waals surface area contributed by atoms with Crippen molar-refractivity contribution in [3.8, 4) is 5.75 Å². The van der Waals surface area contributed by atoms with Crippen molar-refractivity contribution in [2.45, 2.75) is 13.2 Å². The normalized spacial score (nSPS) is 10.8. The van der Waals surface area contributed by atoms with Gasteiger partial charge in [0.05, 0.1) is 11.6 Å². The maximum atomic E-state index is 12.8. The molecule has 0 aliphatic carbocycles. The van der Waals surface area contributed by atoms with Gasteiger partial charge in [-0.3, -0.25) is 9.48 Å². The molecule has 0 aliphatic rings. The minimum Gasteiger partial charge on any atom is -0.487 e. The van der Waals surface area contributed by atoms with Crippen LogP contribution in [-0.4, -0.2) is 15.7 Å². The SMILES string of the molecule is O=C(Nc1nn(Cc2ccc(Cl)cc2)cc1Cl)c1cccc(COc2cccc(Cl)c2Cl)c1. The molecule has 0 atom stereocenters. The Balaban J connectivity index is 1.42. The molecule has 9 heteroatoms. The molecule has 5 nitrogen and oxygen atoms in total. The van der Waals surface area contributed by atoms with Crippen molar-refractivity contribution in [1.82, 2.24) is 9.78 Å². The molecule has 3 aromatic carbocycles. The van der Waals surface area contributed by atoms with Crippen molar-refractivity contribution < 1.29 is 9.53 Å². The van der Waals surface area contributed by atoms with E-state index in [0.717, 1.165) is 11.1 Å². The predicted octanol–water partition coefficient (Wildman–Crippen LogP) is 7.38. The number of rotatable bonds is 7. The Hall–Kier alpha value is -2.70. The van der Waals surface area contributed by atoms with Crippen LogP contribution in [0.15, 0.2) is 72.9 Å². The summed E-state index contributed by atoms with van der Waals surface area (Å²) in [5.74, 6) is 0.413. The number of anilines is 1. The molecule has 0 aliphatic heterocycles. The summed E-state index contributed by atoms with van der Waals surface area (Å²) < 4.78 is 7.40. The highest BCUT2D eigenvalue weighted by Crippen LogP contribution is 2.32. The van der Waals surface area contributed by atoms with E-state index >= 15 is 0 Å². The molecule has 1 N–H and O–H groups in total. The smallest absolute Gasteiger partial charge is 0.256 e. The van der Waals surface area contributed by atoms with E-state index in [0.29, 0.717) is 37.9 Å². The van der Waals surface area contributed by atoms with E-state index in [1.807, 2.05) is 30.3 Å². The Kier molecular flexibility index (Phi) is 7.46. The first-order valence-electron chi connectivity index (χ1n) is 9.83. The molecule has 1 heterocycles. The van der Waals surface area contributed by atoms with Crippen LogP contribution in [-0.2, 0) is 13.2 Å². The number of aromatic nitrogens is 2. The zero-order chi connectivity index (χ0) is 23.4. The number of carbonyl (C=O) groups is 1. The standard InChI is InChI=1S/C24H17Cl4N3O2/c25-18-9-7-15(8-10-18)12-31-13-20(27)23(30-31)29-24(32)17-4-1-3-16(11-17)14-33-21-6-2-5-19(26)22(21)28/h1-11,13H,12,14H2,(H,29,30,32). The zero-order valence-electron chi connectivity index (χ0n) is 17.1. The van der Waals surface area contributed by atoms with Crippen LogP contribution in [0.5, 0.6) is 5.75 Å². The second kappa shape index (κ2) is 10.5. The molecule has 4 aromatic rings. The van der Waals surface area contributed by atoms with Crippen molar-refractivity contribution in [2.75, 3.05) is 5.32 Å². The molecule has 33 heavy (non-hydrogen) atoms. The third kappa shape index (κ3) is 6.01. The van der Waals surface area contributed by atoms with Gasteiger partial charge in [-0.15, -0.1) is 0 Å². The van der Waals surface area contributed by atoms with Crippen LogP contribution in [0.2, 0.25) is 20.1 Å². The van der Waals surface area contributed by atoms with Gasteiger partial charge in [-0.25, -0.2) is 0 Å². The summed E-state index contributed by atoms with van der Waals surface area (Å²) in [5, 5.41) is 8.89. The predicted molar refractivity (Wildman–Crippen MR) is 133 cm³/mol. The van der Waals surface area contributed by atoms with Gasteiger partial charge in [0.25, 0.3) is 5.91 Å². The first kappa shape index (κ1) is 23.5. The lowest BCUT2D eigenvalue weighted by Crippen LogP contribution is -2.13. The Morgan fingerprint density at radius 1 is 0.909 bits per heavy atom. The molecular formula is C24H17Cl4N3O2. The van der Waals surface area contributed by atoms with Crippen LogP contribution in [0.1, 0.15) is 21.5 Å². The number of halogens is 4. The fourth-order valence-electron chi connectivity index (χ4n) is 3.08. The highest BCUT2D eigenvalue weighted by molar-refractivity contribution is 6.42. The molecule has 1 amide bonds. The number of hydrogen-bond acceptors (Lipinski definition) is 3. The molecular weight excluding hydrogens is 504 g/mol. The molecule has 4 rings (SSSR count). The minimum atomic E-state index is -0.337. The van der Waals surface area contributed by atoms with Crippen molar-refractivity contribution in [3.05, 3.63) is 110 Å². The largest absolute Gasteiger partial charge is 0.487 e. The van der Waals surface area contributed by atoms with E-state index in [2.05, 4.69) is 10.4 Å². The fourth-order valence-corrected chi connectivity index (χ4v) is 3.75. The number of nitrogens with zero attached hydrogens (tertiary/aromatic N) is 2. The number of amides is 1. The lowest BCUT2D eigenvalue weighted by molar-refractivity contribution is 0.102. The zero-order valence-corrected chi connectivity index (χ0v) is 20.1. The topological polar surface area (TPSA) is 56.2 Å². The van der Waals surface area contributed by atoms with Gasteiger partial charge in [-0.05, 0) is 47.5 Å². The lowest BCUT2D eigenvalue weighted by atomic mass is 10.1. The second-order valence-electron chi connectivity index (χ2n) is 7.14. The van der Waals surface area contributed by atoms with E-state index in [9.17, 15) is 4.79 Å². The summed E-state index contributed by atoms with van der Waals surface area (Å²) in [7, 11) is 0. The summed E-state index contributed by atoms with van der Waals surface area (Å²) >= 11 is 24.4. The van der Waals surface area contributed by atoms with Gasteiger partial charge in [0.15, 0.2) is 5.82 Å². The molecule has 0 unspecified atom stereocenters. The van der Waals surface area contributed by atoms with Crippen LogP contribution in [0.3, 0.4) is 0 Å². The maximum Gasteiger partial charge on any atom is 0.256 e. The molecule has 0 fully saturated rings. The average molecular weight is 521 g/mol. The minimum absolute atomic E-state index is 0.220. The third-order valence-corrected chi connectivity index (χ3v) is 6.04. The molecule has 0 bridgehead atoms. The van der Waals surface area contributed by atoms with Gasteiger partial charge >= 0.3 is 0 Å². The van der Waals surface area contributed by atoms with Gasteiger partial charge in [0.1, 0.15) is 22.4 Å². The van der Waals surface area contributed by atoms with Crippen LogP contribution in [0.25, 0.3) is 0 Å². The summed E-state index contributed by atoms with van der Waals surface area (Å²) in [4.78, 5) is 12.8. The Bertz CT molecular complexity index is 1290. The number of hydrogen-bond donors (Lipinski definition) is 1. The van der Waals surface area contributed by atoms with Crippen LogP contribution in [0, 0.1) is 0 Å². The summed E-state index contributed by atoms with van der Waals surface area (Å²) in [6.45, 7) is 0.712. The molecule has 0 saturated carbocycles. The van der Waals surface area contributed by atoms with Gasteiger partial charge in [0.2, 0.25) is 0 Å². The van der Waals surface area contributed by atoms with Gasteiger partial charge in [0, 0.05) is 16.8 Å². The third-order valence-electron chi connectivity index (χ3n) is 4.71. The Morgan fingerprint density at radius 3 is 2.45 bits per heavy atom. The molecule has 0 radical (unpaired) electrons. The molecule has 1 aromatic heterocycles. The Morgan fingerprint density at radius 2 is 1.67 bits per heavy atom. The van der Waals surface area contributed by atoms with Crippen LogP contribution in [0.4, 0.5) is 5.82 Å². The van der Waals surface area contributed by atoms with E-state index in [1.54, 1.807) is 47.3 Å². The lowest BCUT2D eigenvalue weighted by Gasteiger charge is -2.10. The van der Waals surface area contributed by atoms with Crippen molar-refractivity contribution in [2.24, 2.45) is 0 Å². The van der Waals surface area contributed by atoms with Crippen molar-refractivity contribution in [1.29, 1.82) is 0 Å². The van der Waals surface area contributed by atoms with E-state index in [1.165, 1.54) is 0 Å². The van der Waals surface area contributed by atoms with Crippen LogP contribution < -0.4 is 10.1 Å². The number of carbonyl (C=O) groups excluding carboxylic acids is 1. The van der Waals surface area contributed by atoms with Crippen molar-refractivity contribution >= 4 is 58.1 Å². The number of benzene rings is 3. The maximum absolute atomic E-state index is 12.8. The quantitative estimate of drug-likeness (QED) is 0.276. The summed E-state index contributed by atoms with van der Waals surface area (Å²) in [6.07, 6.45) is 1.66. The molecule has 0 spiro atoms. The first-order chi connectivity index (χ1) is 15.9. The first-order valence-corrected chi connectivity index (χ1v) is 11.3. The van der Waals surface area contributed by atoms with Crippen LogP contribution >= 0.6 is 46.4 Å². The fraction of sp³-hybridized carbons (Fsp3) is 0.0833. The van der Waals surface area contributed by atoms with E-state index < -0.39 is 0 Å². The highest BCUT2D eigenvalue weighted by Gasteiger charge is 2.14. The Labute approximate surface area is 210 Å². The van der Waals surface area contributed by atoms with Gasteiger partial charge in [-0.2, -0.15) is 5.10 Å². The highest BCUT2D eigenvalue weighted by atomic mass is 35.5.